The van der Waals surface area contributed by atoms with Crippen LogP contribution in [0.15, 0.2) is 30.5 Å². The standard InChI is InChI=1S/C17H24N6O2/c1-24-12-7-18-17-20-16(13-19-21-17)23-10-8-22(9-11-23)14-5-3-4-6-15(14)25-2/h3-6,13H,7-12H2,1-2H3,(H,18,20,21). The van der Waals surface area contributed by atoms with Gasteiger partial charge < -0.3 is 24.6 Å². The number of ether oxygens (including phenoxy) is 2. The average molecular weight is 344 g/mol. The Morgan fingerprint density at radius 1 is 1.08 bits per heavy atom. The summed E-state index contributed by atoms with van der Waals surface area (Å²) in [5.74, 6) is 2.28. The molecule has 134 valence electrons. The summed E-state index contributed by atoms with van der Waals surface area (Å²) in [4.78, 5) is 9.10. The Morgan fingerprint density at radius 3 is 2.60 bits per heavy atom. The van der Waals surface area contributed by atoms with E-state index in [1.165, 1.54) is 0 Å². The molecule has 1 aliphatic rings. The van der Waals surface area contributed by atoms with Crippen molar-refractivity contribution in [1.82, 2.24) is 15.2 Å². The molecule has 2 heterocycles. The monoisotopic (exact) mass is 344 g/mol. The number of rotatable bonds is 7. The van der Waals surface area contributed by atoms with E-state index in [-0.39, 0.29) is 0 Å². The van der Waals surface area contributed by atoms with E-state index in [1.807, 2.05) is 18.2 Å². The third kappa shape index (κ3) is 4.27. The molecular formula is C17H24N6O2. The minimum atomic E-state index is 0.529. The Hall–Kier alpha value is -2.61. The van der Waals surface area contributed by atoms with Crippen molar-refractivity contribution in [3.8, 4) is 5.75 Å². The van der Waals surface area contributed by atoms with Crippen LogP contribution in [-0.2, 0) is 4.74 Å². The van der Waals surface area contributed by atoms with E-state index in [1.54, 1.807) is 20.4 Å². The molecule has 0 unspecified atom stereocenters. The number of nitrogens with one attached hydrogen (secondary N) is 1. The van der Waals surface area contributed by atoms with Gasteiger partial charge in [0.15, 0.2) is 5.82 Å². The summed E-state index contributed by atoms with van der Waals surface area (Å²) in [5, 5.41) is 11.2. The Balaban J connectivity index is 1.61. The van der Waals surface area contributed by atoms with Gasteiger partial charge in [-0.15, -0.1) is 5.10 Å². The van der Waals surface area contributed by atoms with Crippen LogP contribution >= 0.6 is 0 Å². The minimum absolute atomic E-state index is 0.529. The molecule has 1 fully saturated rings. The van der Waals surface area contributed by atoms with Crippen molar-refractivity contribution in [1.29, 1.82) is 0 Å². The Morgan fingerprint density at radius 2 is 1.84 bits per heavy atom. The number of piperazine rings is 1. The van der Waals surface area contributed by atoms with Gasteiger partial charge in [-0.3, -0.25) is 0 Å². The van der Waals surface area contributed by atoms with E-state index in [4.69, 9.17) is 9.47 Å². The molecule has 0 spiro atoms. The lowest BCUT2D eigenvalue weighted by Crippen LogP contribution is -2.47. The fraction of sp³-hybridized carbons (Fsp3) is 0.471. The van der Waals surface area contributed by atoms with E-state index >= 15 is 0 Å². The first-order valence-corrected chi connectivity index (χ1v) is 8.37. The van der Waals surface area contributed by atoms with Crippen molar-refractivity contribution in [3.05, 3.63) is 30.5 Å². The molecule has 0 bridgehead atoms. The summed E-state index contributed by atoms with van der Waals surface area (Å²) in [6.45, 7) is 4.80. The van der Waals surface area contributed by atoms with Gasteiger partial charge >= 0.3 is 0 Å². The smallest absolute Gasteiger partial charge is 0.244 e. The summed E-state index contributed by atoms with van der Waals surface area (Å²) < 4.78 is 10.5. The molecule has 8 heteroatoms. The largest absolute Gasteiger partial charge is 0.495 e. The van der Waals surface area contributed by atoms with Crippen LogP contribution in [0, 0.1) is 0 Å². The van der Waals surface area contributed by atoms with Crippen molar-refractivity contribution < 1.29 is 9.47 Å². The van der Waals surface area contributed by atoms with E-state index < -0.39 is 0 Å². The second-order valence-corrected chi connectivity index (χ2v) is 5.70. The quantitative estimate of drug-likeness (QED) is 0.753. The number of aromatic nitrogens is 3. The molecule has 3 rings (SSSR count). The molecule has 0 amide bonds. The van der Waals surface area contributed by atoms with Crippen LogP contribution in [0.2, 0.25) is 0 Å². The van der Waals surface area contributed by atoms with E-state index in [0.29, 0.717) is 19.1 Å². The van der Waals surface area contributed by atoms with Gasteiger partial charge in [0, 0.05) is 39.8 Å². The van der Waals surface area contributed by atoms with E-state index in [0.717, 1.165) is 43.4 Å². The molecule has 1 saturated heterocycles. The zero-order valence-corrected chi connectivity index (χ0v) is 14.7. The maximum absolute atomic E-state index is 5.47. The minimum Gasteiger partial charge on any atom is -0.495 e. The van der Waals surface area contributed by atoms with Crippen molar-refractivity contribution in [2.24, 2.45) is 0 Å². The SMILES string of the molecule is COCCNc1nncc(N2CCN(c3ccccc3OC)CC2)n1. The van der Waals surface area contributed by atoms with Crippen LogP contribution in [0.25, 0.3) is 0 Å². The highest BCUT2D eigenvalue weighted by atomic mass is 16.5. The second kappa shape index (κ2) is 8.48. The zero-order chi connectivity index (χ0) is 17.5. The molecule has 25 heavy (non-hydrogen) atoms. The van der Waals surface area contributed by atoms with Crippen LogP contribution in [0.5, 0.6) is 5.75 Å². The molecule has 8 nitrogen and oxygen atoms in total. The van der Waals surface area contributed by atoms with E-state index in [2.05, 4.69) is 36.4 Å². The lowest BCUT2D eigenvalue weighted by atomic mass is 10.2. The van der Waals surface area contributed by atoms with Gasteiger partial charge in [-0.05, 0) is 12.1 Å². The molecule has 0 atom stereocenters. The molecule has 1 N–H and O–H groups in total. The second-order valence-electron chi connectivity index (χ2n) is 5.70. The first kappa shape index (κ1) is 17.2. The summed E-state index contributed by atoms with van der Waals surface area (Å²) in [7, 11) is 3.37. The lowest BCUT2D eigenvalue weighted by molar-refractivity contribution is 0.210. The number of benzene rings is 1. The van der Waals surface area contributed by atoms with Crippen molar-refractivity contribution in [2.75, 3.05) is 68.7 Å². The first-order chi connectivity index (χ1) is 12.3. The number of hydrogen-bond acceptors (Lipinski definition) is 8. The van der Waals surface area contributed by atoms with Crippen LogP contribution in [-0.4, -0.2) is 68.7 Å². The van der Waals surface area contributed by atoms with Crippen LogP contribution in [0.3, 0.4) is 0 Å². The van der Waals surface area contributed by atoms with Gasteiger partial charge in [0.1, 0.15) is 5.75 Å². The Kier molecular flexibility index (Phi) is 5.84. The fourth-order valence-corrected chi connectivity index (χ4v) is 2.85. The molecule has 1 aromatic carbocycles. The number of anilines is 3. The molecule has 2 aromatic rings. The maximum atomic E-state index is 5.47. The highest BCUT2D eigenvalue weighted by Gasteiger charge is 2.21. The molecule has 0 aliphatic carbocycles. The Labute approximate surface area is 147 Å². The normalized spacial score (nSPS) is 14.5. The molecule has 0 radical (unpaired) electrons. The van der Waals surface area contributed by atoms with Crippen LogP contribution in [0.1, 0.15) is 0 Å². The fourth-order valence-electron chi connectivity index (χ4n) is 2.85. The third-order valence-electron chi connectivity index (χ3n) is 4.16. The average Bonchev–Trinajstić information content (AvgIpc) is 2.68. The lowest BCUT2D eigenvalue weighted by Gasteiger charge is -2.37. The number of nitrogens with zero attached hydrogens (tertiary/aromatic N) is 5. The van der Waals surface area contributed by atoms with Gasteiger partial charge in [0.25, 0.3) is 0 Å². The predicted molar refractivity (Wildman–Crippen MR) is 97.6 cm³/mol. The molecule has 0 saturated carbocycles. The third-order valence-corrected chi connectivity index (χ3v) is 4.16. The van der Waals surface area contributed by atoms with Gasteiger partial charge in [-0.1, -0.05) is 12.1 Å². The van der Waals surface area contributed by atoms with Crippen molar-refractivity contribution in [2.45, 2.75) is 0 Å². The zero-order valence-electron chi connectivity index (χ0n) is 14.7. The summed E-state index contributed by atoms with van der Waals surface area (Å²) in [6, 6.07) is 8.12. The highest BCUT2D eigenvalue weighted by Crippen LogP contribution is 2.28. The number of hydrogen-bond donors (Lipinski definition) is 1. The highest BCUT2D eigenvalue weighted by molar-refractivity contribution is 5.59. The van der Waals surface area contributed by atoms with Crippen molar-refractivity contribution >= 4 is 17.5 Å². The first-order valence-electron chi connectivity index (χ1n) is 8.37. The predicted octanol–water partition coefficient (Wildman–Crippen LogP) is 1.27. The number of para-hydroxylation sites is 2. The topological polar surface area (TPSA) is 75.6 Å². The molecule has 1 aliphatic heterocycles. The van der Waals surface area contributed by atoms with E-state index in [9.17, 15) is 0 Å². The van der Waals surface area contributed by atoms with Gasteiger partial charge in [0.2, 0.25) is 5.95 Å². The summed E-state index contributed by atoms with van der Waals surface area (Å²) >= 11 is 0. The number of methoxy groups -OCH3 is 2. The summed E-state index contributed by atoms with van der Waals surface area (Å²) in [5.41, 5.74) is 1.13. The maximum Gasteiger partial charge on any atom is 0.244 e. The molecule has 1 aromatic heterocycles. The van der Waals surface area contributed by atoms with Gasteiger partial charge in [0.05, 0.1) is 25.6 Å². The molecular weight excluding hydrogens is 320 g/mol. The Bertz CT molecular complexity index is 676. The van der Waals surface area contributed by atoms with Gasteiger partial charge in [-0.25, -0.2) is 0 Å². The summed E-state index contributed by atoms with van der Waals surface area (Å²) in [6.07, 6.45) is 1.71. The van der Waals surface area contributed by atoms with Crippen molar-refractivity contribution in [3.63, 3.8) is 0 Å². The van der Waals surface area contributed by atoms with Crippen LogP contribution in [0.4, 0.5) is 17.5 Å². The van der Waals surface area contributed by atoms with Gasteiger partial charge in [-0.2, -0.15) is 10.1 Å². The van der Waals surface area contributed by atoms with Crippen LogP contribution < -0.4 is 19.9 Å².